The number of nitrogens with zero attached hydrogens (tertiary/aromatic N) is 3. The van der Waals surface area contributed by atoms with Crippen LogP contribution in [-0.2, 0) is 11.3 Å². The summed E-state index contributed by atoms with van der Waals surface area (Å²) >= 11 is 0. The second-order valence-corrected chi connectivity index (χ2v) is 7.45. The second-order valence-electron chi connectivity index (χ2n) is 7.45. The molecule has 166 valence electrons. The fourth-order valence-corrected chi connectivity index (χ4v) is 3.43. The molecule has 0 saturated carbocycles. The van der Waals surface area contributed by atoms with Gasteiger partial charge in [-0.05, 0) is 38.1 Å². The molecule has 0 amide bonds. The molecule has 3 aromatic rings. The summed E-state index contributed by atoms with van der Waals surface area (Å²) in [6, 6.07) is 17.4. The number of rotatable bonds is 11. The van der Waals surface area contributed by atoms with Crippen molar-refractivity contribution in [1.82, 2.24) is 14.7 Å². The summed E-state index contributed by atoms with van der Waals surface area (Å²) in [7, 11) is 3.30. The van der Waals surface area contributed by atoms with Crippen LogP contribution < -0.4 is 9.47 Å². The van der Waals surface area contributed by atoms with Gasteiger partial charge in [0.1, 0.15) is 0 Å². The third-order valence-electron chi connectivity index (χ3n) is 4.93. The number of para-hydroxylation sites is 3. The van der Waals surface area contributed by atoms with E-state index in [0.717, 1.165) is 16.9 Å². The fourth-order valence-electron chi connectivity index (χ4n) is 3.43. The molecule has 1 heterocycles. The van der Waals surface area contributed by atoms with Crippen molar-refractivity contribution in [3.05, 3.63) is 65.9 Å². The number of benzene rings is 2. The van der Waals surface area contributed by atoms with Crippen LogP contribution in [-0.4, -0.2) is 59.8 Å². The molecular weight excluding hydrogens is 394 g/mol. The van der Waals surface area contributed by atoms with Crippen molar-refractivity contribution < 1.29 is 19.3 Å². The molecule has 0 aliphatic carbocycles. The van der Waals surface area contributed by atoms with Crippen LogP contribution in [0.5, 0.6) is 17.4 Å². The Morgan fingerprint density at radius 3 is 2.35 bits per heavy atom. The number of hydrogen-bond acceptors (Lipinski definition) is 6. The van der Waals surface area contributed by atoms with Crippen LogP contribution >= 0.6 is 0 Å². The van der Waals surface area contributed by atoms with Crippen LogP contribution in [0.1, 0.15) is 18.2 Å². The third-order valence-corrected chi connectivity index (χ3v) is 4.93. The molecule has 0 aliphatic rings. The minimum atomic E-state index is -0.458. The lowest BCUT2D eigenvalue weighted by atomic mass is 10.2. The lowest BCUT2D eigenvalue weighted by Gasteiger charge is -2.24. The topological polar surface area (TPSA) is 69.0 Å². The first-order valence-corrected chi connectivity index (χ1v) is 10.4. The van der Waals surface area contributed by atoms with Crippen molar-refractivity contribution in [2.24, 2.45) is 0 Å². The van der Waals surface area contributed by atoms with Gasteiger partial charge in [-0.25, -0.2) is 4.68 Å². The van der Waals surface area contributed by atoms with Gasteiger partial charge in [-0.2, -0.15) is 5.10 Å². The Morgan fingerprint density at radius 2 is 1.71 bits per heavy atom. The van der Waals surface area contributed by atoms with Crippen LogP contribution in [0.2, 0.25) is 0 Å². The fraction of sp³-hybridized carbons (Fsp3) is 0.375. The molecule has 0 unspecified atom stereocenters. The maximum absolute atomic E-state index is 9.97. The van der Waals surface area contributed by atoms with Gasteiger partial charge in [0.2, 0.25) is 5.88 Å². The van der Waals surface area contributed by atoms with Crippen molar-refractivity contribution in [3.8, 4) is 23.1 Å². The summed E-state index contributed by atoms with van der Waals surface area (Å²) in [6.07, 6.45) is -0.458. The first-order chi connectivity index (χ1) is 15.0. The molecule has 0 fully saturated rings. The molecule has 3 rings (SSSR count). The van der Waals surface area contributed by atoms with Gasteiger partial charge in [0.05, 0.1) is 36.8 Å². The Morgan fingerprint density at radius 1 is 1.03 bits per heavy atom. The van der Waals surface area contributed by atoms with Crippen LogP contribution in [0.4, 0.5) is 0 Å². The van der Waals surface area contributed by atoms with Gasteiger partial charge in [0.25, 0.3) is 0 Å². The first-order valence-electron chi connectivity index (χ1n) is 10.4. The SMILES string of the molecule is COCCN(Cc1c(C)nn(-c2ccccc2)c1Oc1ccccc1OC)C[C@@H](C)O. The van der Waals surface area contributed by atoms with Crippen LogP contribution in [0.25, 0.3) is 5.69 Å². The molecular formula is C24H31N3O4. The zero-order valence-corrected chi connectivity index (χ0v) is 18.6. The summed E-state index contributed by atoms with van der Waals surface area (Å²) < 4.78 is 19.0. The summed E-state index contributed by atoms with van der Waals surface area (Å²) in [5.74, 6) is 1.88. The van der Waals surface area contributed by atoms with Crippen molar-refractivity contribution in [3.63, 3.8) is 0 Å². The number of aliphatic hydroxyl groups excluding tert-OH is 1. The predicted molar refractivity (Wildman–Crippen MR) is 120 cm³/mol. The van der Waals surface area contributed by atoms with E-state index < -0.39 is 6.10 Å². The van der Waals surface area contributed by atoms with Gasteiger partial charge >= 0.3 is 0 Å². The van der Waals surface area contributed by atoms with E-state index in [2.05, 4.69) is 4.90 Å². The van der Waals surface area contributed by atoms with E-state index in [9.17, 15) is 5.11 Å². The number of ether oxygens (including phenoxy) is 3. The number of aromatic nitrogens is 2. The quantitative estimate of drug-likeness (QED) is 0.504. The highest BCUT2D eigenvalue weighted by Gasteiger charge is 2.22. The van der Waals surface area contributed by atoms with E-state index in [-0.39, 0.29) is 0 Å². The molecule has 0 aliphatic heterocycles. The molecule has 7 heteroatoms. The van der Waals surface area contributed by atoms with Gasteiger partial charge in [0.15, 0.2) is 11.5 Å². The molecule has 0 bridgehead atoms. The van der Waals surface area contributed by atoms with Gasteiger partial charge in [-0.1, -0.05) is 30.3 Å². The first kappa shape index (κ1) is 22.8. The van der Waals surface area contributed by atoms with E-state index in [1.165, 1.54) is 0 Å². The van der Waals surface area contributed by atoms with E-state index in [0.29, 0.717) is 43.6 Å². The zero-order valence-electron chi connectivity index (χ0n) is 18.6. The highest BCUT2D eigenvalue weighted by Crippen LogP contribution is 2.35. The number of aliphatic hydroxyl groups is 1. The van der Waals surface area contributed by atoms with Crippen molar-refractivity contribution >= 4 is 0 Å². The average molecular weight is 426 g/mol. The minimum absolute atomic E-state index is 0.458. The summed E-state index contributed by atoms with van der Waals surface area (Å²) in [5.41, 5.74) is 2.72. The average Bonchev–Trinajstić information content (AvgIpc) is 3.07. The van der Waals surface area contributed by atoms with E-state index >= 15 is 0 Å². The molecule has 0 radical (unpaired) electrons. The predicted octanol–water partition coefficient (Wildman–Crippen LogP) is 3.81. The number of aryl methyl sites for hydroxylation is 1. The second kappa shape index (κ2) is 10.9. The molecule has 0 saturated heterocycles. The van der Waals surface area contributed by atoms with Crippen molar-refractivity contribution in [1.29, 1.82) is 0 Å². The lowest BCUT2D eigenvalue weighted by molar-refractivity contribution is 0.0934. The molecule has 1 N–H and O–H groups in total. The number of hydrogen-bond donors (Lipinski definition) is 1. The molecule has 1 atom stereocenters. The molecule has 7 nitrogen and oxygen atoms in total. The highest BCUT2D eigenvalue weighted by molar-refractivity contribution is 5.47. The molecule has 1 aromatic heterocycles. The Hall–Kier alpha value is -2.87. The molecule has 0 spiro atoms. The zero-order chi connectivity index (χ0) is 22.2. The highest BCUT2D eigenvalue weighted by atomic mass is 16.5. The van der Waals surface area contributed by atoms with Gasteiger partial charge in [0, 0.05) is 26.7 Å². The minimum Gasteiger partial charge on any atom is -0.493 e. The maximum Gasteiger partial charge on any atom is 0.227 e. The van der Waals surface area contributed by atoms with E-state index in [4.69, 9.17) is 19.3 Å². The Bertz CT molecular complexity index is 957. The Labute approximate surface area is 183 Å². The standard InChI is InChI=1S/C24H31N3O4/c1-18(28)16-26(14-15-29-3)17-21-19(2)25-27(20-10-6-5-7-11-20)24(21)31-23-13-9-8-12-22(23)30-4/h5-13,18,28H,14-17H2,1-4H3/t18-/m1/s1. The van der Waals surface area contributed by atoms with E-state index in [1.807, 2.05) is 66.2 Å². The van der Waals surface area contributed by atoms with Crippen molar-refractivity contribution in [2.75, 3.05) is 33.9 Å². The normalized spacial score (nSPS) is 12.2. The van der Waals surface area contributed by atoms with Crippen LogP contribution in [0, 0.1) is 6.92 Å². The smallest absolute Gasteiger partial charge is 0.227 e. The van der Waals surface area contributed by atoms with Crippen LogP contribution in [0.15, 0.2) is 54.6 Å². The Kier molecular flexibility index (Phi) is 8.06. The summed E-state index contributed by atoms with van der Waals surface area (Å²) in [6.45, 7) is 6.10. The summed E-state index contributed by atoms with van der Waals surface area (Å²) in [5, 5.41) is 14.7. The van der Waals surface area contributed by atoms with Crippen LogP contribution in [0.3, 0.4) is 0 Å². The van der Waals surface area contributed by atoms with Crippen molar-refractivity contribution in [2.45, 2.75) is 26.5 Å². The van der Waals surface area contributed by atoms with Gasteiger partial charge in [-0.3, -0.25) is 4.90 Å². The third kappa shape index (κ3) is 5.85. The molecule has 2 aromatic carbocycles. The molecule has 31 heavy (non-hydrogen) atoms. The summed E-state index contributed by atoms with van der Waals surface area (Å²) in [4.78, 5) is 2.14. The van der Waals surface area contributed by atoms with Gasteiger partial charge in [-0.15, -0.1) is 0 Å². The Balaban J connectivity index is 2.04. The lowest BCUT2D eigenvalue weighted by Crippen LogP contribution is -2.33. The maximum atomic E-state index is 9.97. The van der Waals surface area contributed by atoms with E-state index in [1.54, 1.807) is 21.1 Å². The largest absolute Gasteiger partial charge is 0.493 e. The monoisotopic (exact) mass is 425 g/mol. The number of methoxy groups -OCH3 is 2. The van der Waals surface area contributed by atoms with Gasteiger partial charge < -0.3 is 19.3 Å².